The lowest BCUT2D eigenvalue weighted by molar-refractivity contribution is -0.122. The SMILES string of the molecule is Cn1cc(CCNCCOCC(N)=O)cn1. The minimum atomic E-state index is -0.435. The highest BCUT2D eigenvalue weighted by atomic mass is 16.5. The topological polar surface area (TPSA) is 82.2 Å². The first-order valence-corrected chi connectivity index (χ1v) is 5.23. The van der Waals surface area contributed by atoms with Crippen molar-refractivity contribution in [2.75, 3.05) is 26.3 Å². The van der Waals surface area contributed by atoms with Crippen LogP contribution in [0, 0.1) is 0 Å². The number of hydrogen-bond donors (Lipinski definition) is 2. The summed E-state index contributed by atoms with van der Waals surface area (Å²) in [5, 5.41) is 7.28. The Balaban J connectivity index is 1.94. The van der Waals surface area contributed by atoms with Gasteiger partial charge in [0.25, 0.3) is 0 Å². The third-order valence-corrected chi connectivity index (χ3v) is 2.02. The summed E-state index contributed by atoms with van der Waals surface area (Å²) >= 11 is 0. The van der Waals surface area contributed by atoms with Crippen molar-refractivity contribution in [3.63, 3.8) is 0 Å². The Labute approximate surface area is 94.8 Å². The lowest BCUT2D eigenvalue weighted by Gasteiger charge is -2.03. The molecule has 0 saturated heterocycles. The zero-order valence-corrected chi connectivity index (χ0v) is 9.48. The van der Waals surface area contributed by atoms with E-state index >= 15 is 0 Å². The molecule has 1 heterocycles. The third-order valence-electron chi connectivity index (χ3n) is 2.02. The molecule has 0 aliphatic carbocycles. The summed E-state index contributed by atoms with van der Waals surface area (Å²) in [5.74, 6) is -0.435. The maximum atomic E-state index is 10.3. The van der Waals surface area contributed by atoms with E-state index in [0.29, 0.717) is 13.2 Å². The number of nitrogens with one attached hydrogen (secondary N) is 1. The third kappa shape index (κ3) is 5.47. The number of aromatic nitrogens is 2. The van der Waals surface area contributed by atoms with Gasteiger partial charge >= 0.3 is 0 Å². The van der Waals surface area contributed by atoms with E-state index in [1.165, 1.54) is 5.56 Å². The minimum Gasteiger partial charge on any atom is -0.370 e. The smallest absolute Gasteiger partial charge is 0.243 e. The number of rotatable bonds is 8. The second-order valence-electron chi connectivity index (χ2n) is 3.54. The number of aryl methyl sites for hydroxylation is 1. The van der Waals surface area contributed by atoms with Crippen LogP contribution in [0.4, 0.5) is 0 Å². The molecule has 16 heavy (non-hydrogen) atoms. The van der Waals surface area contributed by atoms with Crippen LogP contribution < -0.4 is 11.1 Å². The fraction of sp³-hybridized carbons (Fsp3) is 0.600. The average Bonchev–Trinajstić information content (AvgIpc) is 2.62. The van der Waals surface area contributed by atoms with Gasteiger partial charge in [0.1, 0.15) is 6.61 Å². The molecule has 1 aromatic heterocycles. The second kappa shape index (κ2) is 6.97. The summed E-state index contributed by atoms with van der Waals surface area (Å²) in [6.07, 6.45) is 4.78. The van der Waals surface area contributed by atoms with Crippen LogP contribution in [0.1, 0.15) is 5.56 Å². The Morgan fingerprint density at radius 2 is 2.44 bits per heavy atom. The summed E-state index contributed by atoms with van der Waals surface area (Å²) in [4.78, 5) is 10.3. The van der Waals surface area contributed by atoms with Gasteiger partial charge in [-0.25, -0.2) is 0 Å². The van der Waals surface area contributed by atoms with Crippen molar-refractivity contribution in [3.8, 4) is 0 Å². The van der Waals surface area contributed by atoms with E-state index in [1.54, 1.807) is 4.68 Å². The van der Waals surface area contributed by atoms with Crippen molar-refractivity contribution in [3.05, 3.63) is 18.0 Å². The van der Waals surface area contributed by atoms with Crippen LogP contribution in [0.5, 0.6) is 0 Å². The molecule has 0 atom stereocenters. The molecule has 1 amide bonds. The molecule has 6 heteroatoms. The van der Waals surface area contributed by atoms with Crippen molar-refractivity contribution in [2.45, 2.75) is 6.42 Å². The zero-order chi connectivity index (χ0) is 11.8. The minimum absolute atomic E-state index is 0.00964. The first-order chi connectivity index (χ1) is 7.68. The Morgan fingerprint density at radius 1 is 1.62 bits per heavy atom. The predicted octanol–water partition coefficient (Wildman–Crippen LogP) is -0.946. The van der Waals surface area contributed by atoms with Gasteiger partial charge in [-0.15, -0.1) is 0 Å². The van der Waals surface area contributed by atoms with E-state index in [9.17, 15) is 4.79 Å². The van der Waals surface area contributed by atoms with Gasteiger partial charge in [0, 0.05) is 19.8 Å². The maximum absolute atomic E-state index is 10.3. The first kappa shape index (κ1) is 12.7. The van der Waals surface area contributed by atoms with Gasteiger partial charge in [-0.1, -0.05) is 0 Å². The Hall–Kier alpha value is -1.40. The monoisotopic (exact) mass is 226 g/mol. The summed E-state index contributed by atoms with van der Waals surface area (Å²) < 4.78 is 6.78. The van der Waals surface area contributed by atoms with Crippen LogP contribution in [0.15, 0.2) is 12.4 Å². The Bertz CT molecular complexity index is 324. The molecule has 0 radical (unpaired) electrons. The summed E-state index contributed by atoms with van der Waals surface area (Å²) in [5.41, 5.74) is 6.12. The van der Waals surface area contributed by atoms with Gasteiger partial charge in [-0.2, -0.15) is 5.10 Å². The largest absolute Gasteiger partial charge is 0.370 e. The highest BCUT2D eigenvalue weighted by Crippen LogP contribution is 1.95. The molecule has 1 aromatic rings. The molecule has 0 aliphatic heterocycles. The van der Waals surface area contributed by atoms with Crippen molar-refractivity contribution >= 4 is 5.91 Å². The molecule has 90 valence electrons. The molecule has 0 saturated carbocycles. The van der Waals surface area contributed by atoms with E-state index < -0.39 is 5.91 Å². The Kier molecular flexibility index (Phi) is 5.52. The number of primary amides is 1. The average molecular weight is 226 g/mol. The van der Waals surface area contributed by atoms with E-state index in [2.05, 4.69) is 10.4 Å². The van der Waals surface area contributed by atoms with Crippen LogP contribution in [0.3, 0.4) is 0 Å². The molecule has 0 unspecified atom stereocenters. The van der Waals surface area contributed by atoms with Crippen molar-refractivity contribution in [1.29, 1.82) is 0 Å². The first-order valence-electron chi connectivity index (χ1n) is 5.23. The molecular weight excluding hydrogens is 208 g/mol. The lowest BCUT2D eigenvalue weighted by atomic mass is 10.2. The molecule has 0 aromatic carbocycles. The Morgan fingerprint density at radius 3 is 3.06 bits per heavy atom. The van der Waals surface area contributed by atoms with Gasteiger partial charge in [0.05, 0.1) is 12.8 Å². The molecule has 0 spiro atoms. The molecule has 6 nitrogen and oxygen atoms in total. The van der Waals surface area contributed by atoms with Crippen LogP contribution in [0.25, 0.3) is 0 Å². The van der Waals surface area contributed by atoms with Crippen molar-refractivity contribution in [1.82, 2.24) is 15.1 Å². The van der Waals surface area contributed by atoms with E-state index in [-0.39, 0.29) is 6.61 Å². The summed E-state index contributed by atoms with van der Waals surface area (Å²) in [6.45, 7) is 2.07. The van der Waals surface area contributed by atoms with Gasteiger partial charge < -0.3 is 15.8 Å². The highest BCUT2D eigenvalue weighted by Gasteiger charge is 1.96. The number of nitrogens with two attached hydrogens (primary N) is 1. The van der Waals surface area contributed by atoms with Crippen LogP contribution in [-0.2, 0) is 23.0 Å². The van der Waals surface area contributed by atoms with Gasteiger partial charge in [0.2, 0.25) is 5.91 Å². The predicted molar refractivity (Wildman–Crippen MR) is 59.8 cm³/mol. The molecule has 0 aliphatic rings. The van der Waals surface area contributed by atoms with Crippen LogP contribution >= 0.6 is 0 Å². The van der Waals surface area contributed by atoms with E-state index in [1.807, 2.05) is 19.4 Å². The molecule has 3 N–H and O–H groups in total. The van der Waals surface area contributed by atoms with E-state index in [4.69, 9.17) is 10.5 Å². The zero-order valence-electron chi connectivity index (χ0n) is 9.48. The van der Waals surface area contributed by atoms with Crippen LogP contribution in [-0.4, -0.2) is 42.0 Å². The number of amides is 1. The number of hydrogen-bond acceptors (Lipinski definition) is 4. The van der Waals surface area contributed by atoms with Crippen molar-refractivity contribution in [2.24, 2.45) is 12.8 Å². The molecule has 1 rings (SSSR count). The van der Waals surface area contributed by atoms with Crippen LogP contribution in [0.2, 0.25) is 0 Å². The number of ether oxygens (including phenoxy) is 1. The molecule has 0 fully saturated rings. The molecular formula is C10H18N4O2. The van der Waals surface area contributed by atoms with E-state index in [0.717, 1.165) is 13.0 Å². The quantitative estimate of drug-likeness (QED) is 0.560. The molecule has 0 bridgehead atoms. The van der Waals surface area contributed by atoms with Gasteiger partial charge in [-0.3, -0.25) is 9.48 Å². The number of carbonyl (C=O) groups is 1. The fourth-order valence-electron chi connectivity index (χ4n) is 1.28. The van der Waals surface area contributed by atoms with Crippen molar-refractivity contribution < 1.29 is 9.53 Å². The maximum Gasteiger partial charge on any atom is 0.243 e. The van der Waals surface area contributed by atoms with Gasteiger partial charge in [0.15, 0.2) is 0 Å². The summed E-state index contributed by atoms with van der Waals surface area (Å²) in [6, 6.07) is 0. The lowest BCUT2D eigenvalue weighted by Crippen LogP contribution is -2.25. The fourth-order valence-corrected chi connectivity index (χ4v) is 1.28. The second-order valence-corrected chi connectivity index (χ2v) is 3.54. The highest BCUT2D eigenvalue weighted by molar-refractivity contribution is 5.74. The summed E-state index contributed by atoms with van der Waals surface area (Å²) in [7, 11) is 1.90. The number of nitrogens with zero attached hydrogens (tertiary/aromatic N) is 2. The number of carbonyl (C=O) groups excluding carboxylic acids is 1. The standard InChI is InChI=1S/C10H18N4O2/c1-14-7-9(6-13-14)2-3-12-4-5-16-8-10(11)15/h6-7,12H,2-5,8H2,1H3,(H2,11,15). The normalized spacial score (nSPS) is 10.6. The van der Waals surface area contributed by atoms with Gasteiger partial charge in [-0.05, 0) is 18.5 Å².